The molecule has 0 N–H and O–H groups in total. The zero-order valence-electron chi connectivity index (χ0n) is 14.3. The third-order valence-corrected chi connectivity index (χ3v) is 4.04. The number of amides is 1. The van der Waals surface area contributed by atoms with Crippen molar-refractivity contribution in [3.05, 3.63) is 53.5 Å². The van der Waals surface area contributed by atoms with Gasteiger partial charge < -0.3 is 18.8 Å². The first-order chi connectivity index (χ1) is 11.5. The van der Waals surface area contributed by atoms with Crippen LogP contribution in [0.15, 0.2) is 40.8 Å². The average molecular weight is 329 g/mol. The van der Waals surface area contributed by atoms with E-state index in [2.05, 4.69) is 0 Å². The number of hydrogen-bond acceptors (Lipinski definition) is 4. The Balaban J connectivity index is 1.62. The molecule has 3 rings (SSSR count). The van der Waals surface area contributed by atoms with E-state index in [1.165, 1.54) is 0 Å². The van der Waals surface area contributed by atoms with Crippen LogP contribution < -0.4 is 4.74 Å². The Hall–Kier alpha value is -2.27. The van der Waals surface area contributed by atoms with Crippen molar-refractivity contribution in [3.8, 4) is 5.75 Å². The van der Waals surface area contributed by atoms with Crippen molar-refractivity contribution in [2.24, 2.45) is 0 Å². The molecule has 128 valence electrons. The van der Waals surface area contributed by atoms with Crippen LogP contribution in [-0.2, 0) is 11.3 Å². The molecule has 1 saturated heterocycles. The number of nitrogens with zero attached hydrogens (tertiary/aromatic N) is 1. The summed E-state index contributed by atoms with van der Waals surface area (Å²) in [6.07, 6.45) is 0.0769. The summed E-state index contributed by atoms with van der Waals surface area (Å²) in [7, 11) is 0. The fraction of sp³-hybridized carbons (Fsp3) is 0.421. The molecule has 1 aliphatic heterocycles. The Kier molecular flexibility index (Phi) is 4.90. The second kappa shape index (κ2) is 7.09. The number of ether oxygens (including phenoxy) is 2. The second-order valence-electron chi connectivity index (χ2n) is 6.29. The van der Waals surface area contributed by atoms with E-state index in [1.807, 2.05) is 45.0 Å². The van der Waals surface area contributed by atoms with E-state index in [1.54, 1.807) is 17.0 Å². The van der Waals surface area contributed by atoms with E-state index < -0.39 is 0 Å². The maximum absolute atomic E-state index is 12.6. The molecule has 5 heteroatoms. The van der Waals surface area contributed by atoms with Crippen molar-refractivity contribution in [2.75, 3.05) is 13.1 Å². The van der Waals surface area contributed by atoms with Gasteiger partial charge in [0.15, 0.2) is 5.76 Å². The molecule has 2 atom stereocenters. The fourth-order valence-corrected chi connectivity index (χ4v) is 2.94. The zero-order valence-corrected chi connectivity index (χ0v) is 14.3. The van der Waals surface area contributed by atoms with E-state index in [9.17, 15) is 4.79 Å². The minimum absolute atomic E-state index is 0.0384. The molecule has 0 spiro atoms. The highest BCUT2D eigenvalue weighted by atomic mass is 16.5. The molecule has 5 nitrogen and oxygen atoms in total. The number of benzene rings is 1. The van der Waals surface area contributed by atoms with Crippen LogP contribution in [-0.4, -0.2) is 36.1 Å². The first kappa shape index (κ1) is 16.6. The molecule has 2 heterocycles. The lowest BCUT2D eigenvalue weighted by molar-refractivity contribution is -0.0592. The topological polar surface area (TPSA) is 51.9 Å². The highest BCUT2D eigenvalue weighted by Gasteiger charge is 2.28. The molecule has 1 amide bonds. The number of furan rings is 1. The van der Waals surface area contributed by atoms with Gasteiger partial charge in [0, 0.05) is 13.1 Å². The van der Waals surface area contributed by atoms with Gasteiger partial charge in [-0.15, -0.1) is 0 Å². The summed E-state index contributed by atoms with van der Waals surface area (Å²) in [4.78, 5) is 14.3. The fourth-order valence-electron chi connectivity index (χ4n) is 2.94. The van der Waals surface area contributed by atoms with Crippen LogP contribution in [0.25, 0.3) is 0 Å². The number of carbonyl (C=O) groups is 1. The largest absolute Gasteiger partial charge is 0.485 e. The summed E-state index contributed by atoms with van der Waals surface area (Å²) in [6, 6.07) is 11.3. The molecular formula is C19H23NO4. The summed E-state index contributed by atoms with van der Waals surface area (Å²) < 4.78 is 17.1. The van der Waals surface area contributed by atoms with Crippen LogP contribution in [0.1, 0.15) is 35.7 Å². The van der Waals surface area contributed by atoms with Crippen LogP contribution in [0.3, 0.4) is 0 Å². The van der Waals surface area contributed by atoms with E-state index in [4.69, 9.17) is 13.9 Å². The Morgan fingerprint density at radius 3 is 2.58 bits per heavy atom. The quantitative estimate of drug-likeness (QED) is 0.862. The molecule has 0 radical (unpaired) electrons. The minimum atomic E-state index is -0.0980. The number of aryl methyl sites for hydroxylation is 1. The van der Waals surface area contributed by atoms with Gasteiger partial charge in [0.25, 0.3) is 5.91 Å². The van der Waals surface area contributed by atoms with Crippen molar-refractivity contribution in [2.45, 2.75) is 39.6 Å². The second-order valence-corrected chi connectivity index (χ2v) is 6.29. The molecule has 1 fully saturated rings. The van der Waals surface area contributed by atoms with E-state index in [0.717, 1.165) is 11.3 Å². The lowest BCUT2D eigenvalue weighted by Crippen LogP contribution is -2.48. The zero-order chi connectivity index (χ0) is 17.1. The predicted octanol–water partition coefficient (Wildman–Crippen LogP) is 3.42. The molecule has 0 saturated carbocycles. The third kappa shape index (κ3) is 3.79. The standard InChI is InChI=1S/C19H23NO4/c1-13-6-4-5-7-17(13)22-12-16-8-9-18(24-16)19(21)20-10-14(2)23-15(3)11-20/h4-9,14-15H,10-12H2,1-3H3/t14-,15-/m1/s1. The SMILES string of the molecule is Cc1ccccc1OCc1ccc(C(=O)N2C[C@@H](C)O[C@H](C)C2)o1. The predicted molar refractivity (Wildman–Crippen MR) is 90.1 cm³/mol. The van der Waals surface area contributed by atoms with Crippen molar-refractivity contribution in [3.63, 3.8) is 0 Å². The number of rotatable bonds is 4. The first-order valence-corrected chi connectivity index (χ1v) is 8.25. The van der Waals surface area contributed by atoms with E-state index in [0.29, 0.717) is 31.2 Å². The van der Waals surface area contributed by atoms with E-state index >= 15 is 0 Å². The van der Waals surface area contributed by atoms with Gasteiger partial charge in [0.05, 0.1) is 12.2 Å². The smallest absolute Gasteiger partial charge is 0.289 e. The molecule has 0 unspecified atom stereocenters. The van der Waals surface area contributed by atoms with Crippen molar-refractivity contribution in [1.82, 2.24) is 4.90 Å². The van der Waals surface area contributed by atoms with Gasteiger partial charge in [-0.05, 0) is 44.5 Å². The van der Waals surface area contributed by atoms with Gasteiger partial charge in [-0.3, -0.25) is 4.79 Å². The van der Waals surface area contributed by atoms with Crippen molar-refractivity contribution >= 4 is 5.91 Å². The number of morpholine rings is 1. The summed E-state index contributed by atoms with van der Waals surface area (Å²) in [5.74, 6) is 1.70. The molecule has 1 aliphatic rings. The van der Waals surface area contributed by atoms with Crippen molar-refractivity contribution in [1.29, 1.82) is 0 Å². The van der Waals surface area contributed by atoms with E-state index in [-0.39, 0.29) is 18.1 Å². The molecule has 0 bridgehead atoms. The number of carbonyl (C=O) groups excluding carboxylic acids is 1. The van der Waals surface area contributed by atoms with Gasteiger partial charge in [-0.1, -0.05) is 18.2 Å². The summed E-state index contributed by atoms with van der Waals surface area (Å²) in [5.41, 5.74) is 1.07. The molecule has 1 aromatic carbocycles. The third-order valence-electron chi connectivity index (χ3n) is 4.04. The van der Waals surface area contributed by atoms with Crippen LogP contribution in [0.4, 0.5) is 0 Å². The molecule has 24 heavy (non-hydrogen) atoms. The Morgan fingerprint density at radius 2 is 1.88 bits per heavy atom. The average Bonchev–Trinajstić information content (AvgIpc) is 3.01. The maximum atomic E-state index is 12.6. The molecule has 1 aromatic heterocycles. The maximum Gasteiger partial charge on any atom is 0.289 e. The molecule has 0 aliphatic carbocycles. The van der Waals surface area contributed by atoms with Crippen LogP contribution in [0, 0.1) is 6.92 Å². The lowest BCUT2D eigenvalue weighted by Gasteiger charge is -2.34. The van der Waals surface area contributed by atoms with Gasteiger partial charge in [0.1, 0.15) is 18.1 Å². The summed E-state index contributed by atoms with van der Waals surface area (Å²) in [5, 5.41) is 0. The number of para-hydroxylation sites is 1. The van der Waals surface area contributed by atoms with Gasteiger partial charge in [-0.2, -0.15) is 0 Å². The summed E-state index contributed by atoms with van der Waals surface area (Å²) in [6.45, 7) is 7.40. The first-order valence-electron chi connectivity index (χ1n) is 8.25. The summed E-state index contributed by atoms with van der Waals surface area (Å²) >= 11 is 0. The Bertz CT molecular complexity index is 699. The lowest BCUT2D eigenvalue weighted by atomic mass is 10.2. The van der Waals surface area contributed by atoms with Gasteiger partial charge >= 0.3 is 0 Å². The highest BCUT2D eigenvalue weighted by Crippen LogP contribution is 2.20. The molecular weight excluding hydrogens is 306 g/mol. The monoisotopic (exact) mass is 329 g/mol. The molecule has 2 aromatic rings. The van der Waals surface area contributed by atoms with Crippen LogP contribution in [0.5, 0.6) is 5.75 Å². The Morgan fingerprint density at radius 1 is 1.17 bits per heavy atom. The number of hydrogen-bond donors (Lipinski definition) is 0. The normalized spacial score (nSPS) is 20.9. The van der Waals surface area contributed by atoms with Crippen LogP contribution >= 0.6 is 0 Å². The van der Waals surface area contributed by atoms with Gasteiger partial charge in [-0.25, -0.2) is 0 Å². The Labute approximate surface area is 142 Å². The van der Waals surface area contributed by atoms with Crippen molar-refractivity contribution < 1.29 is 18.7 Å². The van der Waals surface area contributed by atoms with Crippen LogP contribution in [0.2, 0.25) is 0 Å². The minimum Gasteiger partial charge on any atom is -0.485 e. The highest BCUT2D eigenvalue weighted by molar-refractivity contribution is 5.91. The van der Waals surface area contributed by atoms with Gasteiger partial charge in [0.2, 0.25) is 0 Å².